The lowest BCUT2D eigenvalue weighted by Gasteiger charge is -2.13. The molecule has 4 rings (SSSR count). The summed E-state index contributed by atoms with van der Waals surface area (Å²) in [4.78, 5) is 22.2. The average Bonchev–Trinajstić information content (AvgIpc) is 2.95. The van der Waals surface area contributed by atoms with Crippen LogP contribution in [0, 0.1) is 11.8 Å². The first-order valence-electron chi connectivity index (χ1n) is 8.59. The Labute approximate surface area is 156 Å². The number of nitrogens with two attached hydrogens (primary N) is 1. The highest BCUT2D eigenvalue weighted by molar-refractivity contribution is 5.91. The Bertz CT molecular complexity index is 1120. The summed E-state index contributed by atoms with van der Waals surface area (Å²) in [6, 6.07) is 13.2. The van der Waals surface area contributed by atoms with Crippen molar-refractivity contribution in [1.29, 1.82) is 0 Å². The third-order valence-corrected chi connectivity index (χ3v) is 4.72. The van der Waals surface area contributed by atoms with Crippen LogP contribution in [0.4, 0.5) is 5.82 Å². The number of pyridine rings is 2. The summed E-state index contributed by atoms with van der Waals surface area (Å²) in [5.74, 6) is 5.69. The number of likely N-dealkylation sites (N-methyl/N-ethyl adjacent to an activating group) is 1. The first-order valence-corrected chi connectivity index (χ1v) is 8.59. The van der Waals surface area contributed by atoms with Crippen LogP contribution in [0.3, 0.4) is 0 Å². The monoisotopic (exact) mass is 358 g/mol. The number of anilines is 1. The molecule has 1 aliphatic rings. The molecule has 6 nitrogen and oxygen atoms in total. The van der Waals surface area contributed by atoms with Gasteiger partial charge in [0, 0.05) is 42.7 Å². The van der Waals surface area contributed by atoms with E-state index in [4.69, 9.17) is 5.73 Å². The summed E-state index contributed by atoms with van der Waals surface area (Å²) in [6.07, 6.45) is 1.97. The molecule has 3 N–H and O–H groups in total. The molecule has 1 saturated heterocycles. The molecule has 1 amide bonds. The van der Waals surface area contributed by atoms with Crippen LogP contribution >= 0.6 is 0 Å². The zero-order chi connectivity index (χ0) is 19.0. The minimum Gasteiger partial charge on any atom is -0.382 e. The number of carbonyl (C=O) groups excluding carboxylic acids is 1. The van der Waals surface area contributed by atoms with E-state index < -0.39 is 5.60 Å². The largest absolute Gasteiger partial charge is 0.382 e. The molecule has 0 spiro atoms. The second kappa shape index (κ2) is 6.38. The highest BCUT2D eigenvalue weighted by Gasteiger charge is 2.42. The van der Waals surface area contributed by atoms with Gasteiger partial charge in [-0.2, -0.15) is 0 Å². The normalized spacial score (nSPS) is 19.2. The van der Waals surface area contributed by atoms with Gasteiger partial charge in [-0.05, 0) is 24.3 Å². The van der Waals surface area contributed by atoms with Gasteiger partial charge in [0.1, 0.15) is 11.3 Å². The fraction of sp³-hybridized carbons (Fsp3) is 0.190. The molecule has 1 aromatic carbocycles. The van der Waals surface area contributed by atoms with Gasteiger partial charge in [-0.3, -0.25) is 4.79 Å². The molecule has 1 fully saturated rings. The molecule has 1 aliphatic heterocycles. The molecule has 0 bridgehead atoms. The Morgan fingerprint density at radius 2 is 2.11 bits per heavy atom. The summed E-state index contributed by atoms with van der Waals surface area (Å²) in [7, 11) is 1.66. The minimum atomic E-state index is -1.61. The molecule has 27 heavy (non-hydrogen) atoms. The molecule has 6 heteroatoms. The molecule has 0 aliphatic carbocycles. The van der Waals surface area contributed by atoms with E-state index in [0.717, 1.165) is 16.6 Å². The quantitative estimate of drug-likeness (QED) is 0.648. The highest BCUT2D eigenvalue weighted by Crippen LogP contribution is 2.24. The number of aromatic nitrogens is 2. The SMILES string of the molecule is CN1CCC(O)(C#Cc2cccc(-c3ccc4ccnc(N)c4n3)c2)C1=O. The van der Waals surface area contributed by atoms with E-state index in [9.17, 15) is 9.90 Å². The molecular weight excluding hydrogens is 340 g/mol. The fourth-order valence-corrected chi connectivity index (χ4v) is 3.13. The van der Waals surface area contributed by atoms with Gasteiger partial charge < -0.3 is 15.7 Å². The second-order valence-electron chi connectivity index (χ2n) is 6.63. The summed E-state index contributed by atoms with van der Waals surface area (Å²) in [5.41, 5.74) is 7.30. The van der Waals surface area contributed by atoms with Gasteiger partial charge in [-0.1, -0.05) is 30.0 Å². The first kappa shape index (κ1) is 17.0. The summed E-state index contributed by atoms with van der Waals surface area (Å²) >= 11 is 0. The smallest absolute Gasteiger partial charge is 0.267 e. The molecule has 3 heterocycles. The first-order chi connectivity index (χ1) is 13.0. The van der Waals surface area contributed by atoms with Crippen LogP contribution in [-0.4, -0.2) is 45.1 Å². The van der Waals surface area contributed by atoms with E-state index in [2.05, 4.69) is 21.8 Å². The van der Waals surface area contributed by atoms with E-state index >= 15 is 0 Å². The van der Waals surface area contributed by atoms with E-state index in [1.54, 1.807) is 13.2 Å². The molecule has 0 radical (unpaired) electrons. The predicted octanol–water partition coefficient (Wildman–Crippen LogP) is 1.82. The summed E-state index contributed by atoms with van der Waals surface area (Å²) < 4.78 is 0. The van der Waals surface area contributed by atoms with E-state index in [0.29, 0.717) is 29.9 Å². The topological polar surface area (TPSA) is 92.3 Å². The maximum Gasteiger partial charge on any atom is 0.267 e. The lowest BCUT2D eigenvalue weighted by atomic mass is 10.0. The van der Waals surface area contributed by atoms with Crippen molar-refractivity contribution < 1.29 is 9.90 Å². The Hall–Kier alpha value is -3.43. The van der Waals surface area contributed by atoms with Crippen molar-refractivity contribution in [3.8, 4) is 23.1 Å². The molecule has 134 valence electrons. The Kier molecular flexibility index (Phi) is 4.02. The van der Waals surface area contributed by atoms with Crippen molar-refractivity contribution in [2.24, 2.45) is 0 Å². The highest BCUT2D eigenvalue weighted by atomic mass is 16.3. The van der Waals surface area contributed by atoms with Gasteiger partial charge in [0.25, 0.3) is 5.91 Å². The molecule has 1 atom stereocenters. The summed E-state index contributed by atoms with van der Waals surface area (Å²) in [6.45, 7) is 0.501. The van der Waals surface area contributed by atoms with Gasteiger partial charge in [0.2, 0.25) is 5.60 Å². The molecular formula is C21H18N4O2. The van der Waals surface area contributed by atoms with Crippen molar-refractivity contribution >= 4 is 22.6 Å². The zero-order valence-electron chi connectivity index (χ0n) is 14.8. The van der Waals surface area contributed by atoms with Crippen molar-refractivity contribution in [1.82, 2.24) is 14.9 Å². The molecule has 0 saturated carbocycles. The van der Waals surface area contributed by atoms with Gasteiger partial charge in [0.05, 0.1) is 5.69 Å². The number of hydrogen-bond acceptors (Lipinski definition) is 5. The van der Waals surface area contributed by atoms with E-state index in [-0.39, 0.29) is 5.91 Å². The Morgan fingerprint density at radius 1 is 1.26 bits per heavy atom. The number of nitrogens with zero attached hydrogens (tertiary/aromatic N) is 3. The van der Waals surface area contributed by atoms with E-state index in [1.807, 2.05) is 42.5 Å². The number of rotatable bonds is 1. The number of aliphatic hydroxyl groups is 1. The Balaban J connectivity index is 1.69. The molecule has 1 unspecified atom stereocenters. The fourth-order valence-electron chi connectivity index (χ4n) is 3.13. The maximum atomic E-state index is 12.0. The summed E-state index contributed by atoms with van der Waals surface area (Å²) in [5, 5.41) is 11.4. The number of hydrogen-bond donors (Lipinski definition) is 2. The number of amides is 1. The number of nitrogen functional groups attached to an aromatic ring is 1. The van der Waals surface area contributed by atoms with Crippen LogP contribution in [0.25, 0.3) is 22.2 Å². The van der Waals surface area contributed by atoms with Gasteiger partial charge in [0.15, 0.2) is 0 Å². The van der Waals surface area contributed by atoms with Crippen LogP contribution in [0.2, 0.25) is 0 Å². The van der Waals surface area contributed by atoms with Crippen LogP contribution in [0.15, 0.2) is 48.7 Å². The van der Waals surface area contributed by atoms with Crippen molar-refractivity contribution in [2.45, 2.75) is 12.0 Å². The van der Waals surface area contributed by atoms with Crippen LogP contribution in [0.5, 0.6) is 0 Å². The van der Waals surface area contributed by atoms with Gasteiger partial charge in [-0.25, -0.2) is 9.97 Å². The van der Waals surface area contributed by atoms with Crippen LogP contribution < -0.4 is 5.73 Å². The molecule has 2 aromatic heterocycles. The van der Waals surface area contributed by atoms with Crippen molar-refractivity contribution in [2.75, 3.05) is 19.3 Å². The van der Waals surface area contributed by atoms with E-state index in [1.165, 1.54) is 4.90 Å². The number of likely N-dealkylation sites (tertiary alicyclic amines) is 1. The van der Waals surface area contributed by atoms with Gasteiger partial charge >= 0.3 is 0 Å². The zero-order valence-corrected chi connectivity index (χ0v) is 14.8. The lowest BCUT2D eigenvalue weighted by Crippen LogP contribution is -2.37. The molecule has 3 aromatic rings. The number of carbonyl (C=O) groups is 1. The third-order valence-electron chi connectivity index (χ3n) is 4.72. The number of fused-ring (bicyclic) bond motifs is 1. The minimum absolute atomic E-state index is 0.313. The second-order valence-corrected chi connectivity index (χ2v) is 6.63. The Morgan fingerprint density at radius 3 is 2.89 bits per heavy atom. The lowest BCUT2D eigenvalue weighted by molar-refractivity contribution is -0.137. The third kappa shape index (κ3) is 3.09. The predicted molar refractivity (Wildman–Crippen MR) is 103 cm³/mol. The van der Waals surface area contributed by atoms with Crippen LogP contribution in [0.1, 0.15) is 12.0 Å². The average molecular weight is 358 g/mol. The van der Waals surface area contributed by atoms with Gasteiger partial charge in [-0.15, -0.1) is 0 Å². The standard InChI is InChI=1S/C21H18N4O2/c1-25-12-10-21(27,20(25)26)9-7-14-3-2-4-16(13-14)17-6-5-15-8-11-23-19(22)18(15)24-17/h2-6,8,11,13,27H,10,12H2,1H3,(H2,22,23). The van der Waals surface area contributed by atoms with Crippen LogP contribution in [-0.2, 0) is 4.79 Å². The van der Waals surface area contributed by atoms with Crippen molar-refractivity contribution in [3.05, 3.63) is 54.2 Å². The number of benzene rings is 1. The maximum absolute atomic E-state index is 12.0. The van der Waals surface area contributed by atoms with Crippen molar-refractivity contribution in [3.63, 3.8) is 0 Å².